The average molecular weight is 399 g/mol. The van der Waals surface area contributed by atoms with Gasteiger partial charge in [-0.05, 0) is 18.6 Å². The Labute approximate surface area is 168 Å². The van der Waals surface area contributed by atoms with E-state index in [1.165, 1.54) is 6.07 Å². The van der Waals surface area contributed by atoms with E-state index in [0.717, 1.165) is 17.7 Å². The van der Waals surface area contributed by atoms with E-state index in [0.29, 0.717) is 43.7 Å². The zero-order chi connectivity index (χ0) is 21.1. The van der Waals surface area contributed by atoms with Gasteiger partial charge < -0.3 is 24.7 Å². The summed E-state index contributed by atoms with van der Waals surface area (Å²) < 4.78 is 5.56. The normalized spacial score (nSPS) is 11.2. The van der Waals surface area contributed by atoms with Crippen LogP contribution in [0.2, 0.25) is 0 Å². The Bertz CT molecular complexity index is 889. The van der Waals surface area contributed by atoms with Gasteiger partial charge in [0.25, 0.3) is 0 Å². The molecule has 0 saturated heterocycles. The Hall–Kier alpha value is -3.33. The summed E-state index contributed by atoms with van der Waals surface area (Å²) in [6.07, 6.45) is 5.28. The van der Waals surface area contributed by atoms with Crippen LogP contribution in [0.4, 0.5) is 11.4 Å². The maximum Gasteiger partial charge on any atom is 0.247 e. The van der Waals surface area contributed by atoms with Crippen molar-refractivity contribution in [1.29, 1.82) is 0 Å². The third-order valence-corrected chi connectivity index (χ3v) is 4.00. The van der Waals surface area contributed by atoms with Crippen LogP contribution in [-0.2, 0) is 14.3 Å². The van der Waals surface area contributed by atoms with Crippen LogP contribution < -0.4 is 15.8 Å². The molecule has 0 aromatic carbocycles. The number of pyridine rings is 2. The van der Waals surface area contributed by atoms with Crippen molar-refractivity contribution in [3.05, 3.63) is 40.9 Å². The molecule has 9 nitrogen and oxygen atoms in total. The van der Waals surface area contributed by atoms with Gasteiger partial charge in [-0.1, -0.05) is 6.92 Å². The number of aromatic amines is 1. The van der Waals surface area contributed by atoms with Crippen LogP contribution in [0.5, 0.6) is 0 Å². The first-order valence-electron chi connectivity index (χ1n) is 9.27. The third kappa shape index (κ3) is 6.65. The summed E-state index contributed by atoms with van der Waals surface area (Å²) in [6.45, 7) is 3.78. The molecule has 0 aliphatic heterocycles. The van der Waals surface area contributed by atoms with Crippen LogP contribution in [0.15, 0.2) is 40.4 Å². The van der Waals surface area contributed by atoms with E-state index in [4.69, 9.17) is 4.74 Å². The molecule has 2 aromatic heterocycles. The number of H-pyrrole nitrogens is 1. The highest BCUT2D eigenvalue weighted by atomic mass is 16.5. The lowest BCUT2D eigenvalue weighted by Crippen LogP contribution is -2.25. The number of anilines is 2. The first kappa shape index (κ1) is 22.0. The molecule has 0 amide bonds. The molecule has 2 aromatic rings. The summed E-state index contributed by atoms with van der Waals surface area (Å²) in [5.41, 5.74) is 2.54. The topological polar surface area (TPSA) is 117 Å². The van der Waals surface area contributed by atoms with Gasteiger partial charge in [0.1, 0.15) is 6.29 Å². The number of ether oxygens (including phenoxy) is 1. The molecule has 0 atom stereocenters. The minimum Gasteiger partial charge on any atom is -0.380 e. The van der Waals surface area contributed by atoms with Crippen LogP contribution in [0, 0.1) is 0 Å². The Balaban J connectivity index is 2.34. The smallest absolute Gasteiger partial charge is 0.247 e. The zero-order valence-corrected chi connectivity index (χ0v) is 16.6. The minimum absolute atomic E-state index is 0.0348. The summed E-state index contributed by atoms with van der Waals surface area (Å²) in [5, 5.41) is 2.92. The van der Waals surface area contributed by atoms with Crippen molar-refractivity contribution in [3.63, 3.8) is 0 Å². The number of aliphatic imine (C=N–C) groups is 1. The van der Waals surface area contributed by atoms with Gasteiger partial charge in [-0.15, -0.1) is 0 Å². The average Bonchev–Trinajstić information content (AvgIpc) is 2.74. The number of rotatable bonds is 11. The number of hydrogen-bond donors (Lipinski definition) is 2. The van der Waals surface area contributed by atoms with Gasteiger partial charge in [-0.3, -0.25) is 19.6 Å². The molecule has 29 heavy (non-hydrogen) atoms. The summed E-state index contributed by atoms with van der Waals surface area (Å²) in [5.74, 6) is 0.0348. The maximum atomic E-state index is 11.3. The number of nitrogens with zero attached hydrogens (tertiary/aromatic N) is 3. The van der Waals surface area contributed by atoms with Crippen LogP contribution in [-0.4, -0.2) is 61.7 Å². The Morgan fingerprint density at radius 3 is 2.83 bits per heavy atom. The second kappa shape index (κ2) is 11.5. The molecule has 0 spiro atoms. The molecule has 154 valence electrons. The summed E-state index contributed by atoms with van der Waals surface area (Å²) in [6, 6.07) is 4.96. The minimum atomic E-state index is -0.195. The molecule has 2 heterocycles. The fourth-order valence-electron chi connectivity index (χ4n) is 2.53. The van der Waals surface area contributed by atoms with Crippen LogP contribution in [0.3, 0.4) is 0 Å². The Morgan fingerprint density at radius 2 is 2.17 bits per heavy atom. The van der Waals surface area contributed by atoms with Crippen LogP contribution >= 0.6 is 0 Å². The lowest BCUT2D eigenvalue weighted by Gasteiger charge is -2.23. The van der Waals surface area contributed by atoms with E-state index in [1.54, 1.807) is 18.5 Å². The quantitative estimate of drug-likeness (QED) is 0.255. The number of amidine groups is 1. The number of aromatic nitrogens is 2. The van der Waals surface area contributed by atoms with E-state index < -0.39 is 0 Å². The van der Waals surface area contributed by atoms with E-state index in [1.807, 2.05) is 24.9 Å². The number of likely N-dealkylation sites (N-methyl/N-ethyl adjacent to an activating group) is 1. The van der Waals surface area contributed by atoms with Gasteiger partial charge in [0, 0.05) is 38.0 Å². The third-order valence-electron chi connectivity index (χ3n) is 4.00. The highest BCUT2D eigenvalue weighted by Gasteiger charge is 2.13. The number of carbonyl (C=O) groups is 2. The molecule has 0 bridgehead atoms. The van der Waals surface area contributed by atoms with Gasteiger partial charge in [0.15, 0.2) is 12.1 Å². The molecule has 0 aliphatic carbocycles. The lowest BCUT2D eigenvalue weighted by atomic mass is 10.1. The van der Waals surface area contributed by atoms with Crippen molar-refractivity contribution in [2.75, 3.05) is 43.6 Å². The molecule has 0 aliphatic rings. The highest BCUT2D eigenvalue weighted by Crippen LogP contribution is 2.29. The molecule has 0 saturated carbocycles. The molecule has 0 radical (unpaired) electrons. The molecule has 0 unspecified atom stereocenters. The molecule has 0 fully saturated rings. The van der Waals surface area contributed by atoms with Crippen LogP contribution in [0.25, 0.3) is 11.3 Å². The van der Waals surface area contributed by atoms with Crippen molar-refractivity contribution in [2.45, 2.75) is 13.3 Å². The molecule has 2 rings (SSSR count). The van der Waals surface area contributed by atoms with Gasteiger partial charge in [-0.2, -0.15) is 0 Å². The zero-order valence-electron chi connectivity index (χ0n) is 16.6. The van der Waals surface area contributed by atoms with Crippen molar-refractivity contribution in [2.24, 2.45) is 4.99 Å². The lowest BCUT2D eigenvalue weighted by molar-refractivity contribution is -0.106. The predicted octanol–water partition coefficient (Wildman–Crippen LogP) is 1.51. The standard InChI is InChI=1S/C20H25N5O4/c1-3-9-29-10-7-25(2)18-11-16(15-4-5-20(28)23-12-15)22-13-17(18)24-19(14-27)21-6-8-26/h4-5,8,11-14H,3,6-7,9-10H2,1-2H3,(H,21,24)(H,23,28). The number of carbonyl (C=O) groups excluding carboxylic acids is 2. The predicted molar refractivity (Wildman–Crippen MR) is 113 cm³/mol. The number of hydrogen-bond acceptors (Lipinski definition) is 7. The summed E-state index contributed by atoms with van der Waals surface area (Å²) in [4.78, 5) is 46.0. The highest BCUT2D eigenvalue weighted by molar-refractivity contribution is 6.33. The molecular formula is C20H25N5O4. The van der Waals surface area contributed by atoms with E-state index in [9.17, 15) is 14.4 Å². The van der Waals surface area contributed by atoms with Gasteiger partial charge in [-0.25, -0.2) is 0 Å². The van der Waals surface area contributed by atoms with Crippen molar-refractivity contribution < 1.29 is 14.3 Å². The fraction of sp³-hybridized carbons (Fsp3) is 0.350. The summed E-state index contributed by atoms with van der Waals surface area (Å²) >= 11 is 0. The number of aldehydes is 2. The van der Waals surface area contributed by atoms with Gasteiger partial charge in [0.05, 0.1) is 36.4 Å². The molecule has 2 N–H and O–H groups in total. The monoisotopic (exact) mass is 399 g/mol. The maximum absolute atomic E-state index is 11.3. The van der Waals surface area contributed by atoms with Crippen molar-refractivity contribution in [1.82, 2.24) is 9.97 Å². The summed E-state index contributed by atoms with van der Waals surface area (Å²) in [7, 11) is 1.90. The van der Waals surface area contributed by atoms with Crippen molar-refractivity contribution >= 4 is 29.8 Å². The van der Waals surface area contributed by atoms with Gasteiger partial charge >= 0.3 is 0 Å². The van der Waals surface area contributed by atoms with Gasteiger partial charge in [0.2, 0.25) is 5.56 Å². The van der Waals surface area contributed by atoms with E-state index >= 15 is 0 Å². The second-order valence-electron chi connectivity index (χ2n) is 6.20. The first-order valence-corrected chi connectivity index (χ1v) is 9.27. The molecular weight excluding hydrogens is 374 g/mol. The second-order valence-corrected chi connectivity index (χ2v) is 6.20. The van der Waals surface area contributed by atoms with Crippen LogP contribution in [0.1, 0.15) is 13.3 Å². The number of nitrogens with one attached hydrogen (secondary N) is 2. The van der Waals surface area contributed by atoms with E-state index in [2.05, 4.69) is 20.3 Å². The SMILES string of the molecule is CCCOCCN(C)c1cc(-c2ccc(=O)[nH]c2)ncc1NC(C=O)=NCC=O. The largest absolute Gasteiger partial charge is 0.380 e. The fourth-order valence-corrected chi connectivity index (χ4v) is 2.53. The molecule has 9 heteroatoms. The Kier molecular flexibility index (Phi) is 8.71. The van der Waals surface area contributed by atoms with E-state index in [-0.39, 0.29) is 17.9 Å². The Morgan fingerprint density at radius 1 is 1.34 bits per heavy atom. The van der Waals surface area contributed by atoms with Crippen molar-refractivity contribution in [3.8, 4) is 11.3 Å². The first-order chi connectivity index (χ1) is 14.1.